The number of aromatic nitrogens is 6. The van der Waals surface area contributed by atoms with Gasteiger partial charge >= 0.3 is 0 Å². The number of nitrogen functional groups attached to an aromatic ring is 1. The third kappa shape index (κ3) is 3.14. The van der Waals surface area contributed by atoms with Crippen molar-refractivity contribution in [1.29, 1.82) is 0 Å². The molecular weight excluding hydrogens is 381 g/mol. The predicted octanol–water partition coefficient (Wildman–Crippen LogP) is 3.72. The Morgan fingerprint density at radius 1 is 0.933 bits per heavy atom. The summed E-state index contributed by atoms with van der Waals surface area (Å²) in [5.41, 5.74) is 9.50. The minimum atomic E-state index is -0.291. The summed E-state index contributed by atoms with van der Waals surface area (Å²) in [6.07, 6.45) is 6.72. The molecule has 0 unspecified atom stereocenters. The van der Waals surface area contributed by atoms with Crippen LogP contribution in [0.2, 0.25) is 0 Å². The molecule has 8 heteroatoms. The van der Waals surface area contributed by atoms with Crippen LogP contribution >= 0.6 is 0 Å². The van der Waals surface area contributed by atoms with E-state index in [-0.39, 0.29) is 12.4 Å². The Balaban J connectivity index is 1.60. The summed E-state index contributed by atoms with van der Waals surface area (Å²) in [6.45, 7) is 0.241. The lowest BCUT2D eigenvalue weighted by Gasteiger charge is -2.06. The minimum Gasteiger partial charge on any atom is -0.383 e. The highest BCUT2D eigenvalue weighted by molar-refractivity contribution is 5.89. The van der Waals surface area contributed by atoms with Crippen LogP contribution in [0.5, 0.6) is 0 Å². The molecular formula is C22H16FN7. The monoisotopic (exact) mass is 397 g/mol. The van der Waals surface area contributed by atoms with Crippen molar-refractivity contribution in [2.45, 2.75) is 6.54 Å². The van der Waals surface area contributed by atoms with Gasteiger partial charge in [0.1, 0.15) is 17.3 Å². The quantitative estimate of drug-likeness (QED) is 0.497. The fourth-order valence-electron chi connectivity index (χ4n) is 3.34. The molecule has 0 amide bonds. The summed E-state index contributed by atoms with van der Waals surface area (Å²) in [4.78, 5) is 17.4. The van der Waals surface area contributed by atoms with Crippen LogP contribution in [0.1, 0.15) is 5.56 Å². The molecule has 0 fully saturated rings. The standard InChI is InChI=1S/C22H16FN7/c23-18-6-2-1-4-15(18)13-30-22-16(5-3-9-26-22)19(29-30)21-27-12-17(20(24)28-21)14-7-10-25-11-8-14/h1-12H,13H2,(H2,24,27,28). The normalized spacial score (nSPS) is 11.1. The van der Waals surface area contributed by atoms with Gasteiger partial charge in [-0.05, 0) is 35.9 Å². The lowest BCUT2D eigenvalue weighted by molar-refractivity contribution is 0.589. The van der Waals surface area contributed by atoms with E-state index in [1.54, 1.807) is 47.7 Å². The number of nitrogens with zero attached hydrogens (tertiary/aromatic N) is 6. The molecule has 0 radical (unpaired) electrons. The number of benzene rings is 1. The van der Waals surface area contributed by atoms with E-state index in [1.807, 2.05) is 24.3 Å². The molecule has 0 aliphatic heterocycles. The van der Waals surface area contributed by atoms with E-state index in [0.29, 0.717) is 28.5 Å². The second kappa shape index (κ2) is 7.32. The highest BCUT2D eigenvalue weighted by Gasteiger charge is 2.18. The van der Waals surface area contributed by atoms with Crippen LogP contribution < -0.4 is 5.73 Å². The van der Waals surface area contributed by atoms with E-state index >= 15 is 0 Å². The molecule has 0 saturated carbocycles. The highest BCUT2D eigenvalue weighted by atomic mass is 19.1. The first-order valence-electron chi connectivity index (χ1n) is 9.29. The Morgan fingerprint density at radius 2 is 1.77 bits per heavy atom. The molecule has 7 nitrogen and oxygen atoms in total. The summed E-state index contributed by atoms with van der Waals surface area (Å²) in [6, 6.07) is 14.0. The molecule has 5 rings (SSSR count). The van der Waals surface area contributed by atoms with Crippen LogP contribution in [-0.4, -0.2) is 29.7 Å². The van der Waals surface area contributed by atoms with Gasteiger partial charge in [0.05, 0.1) is 11.9 Å². The molecule has 0 saturated heterocycles. The van der Waals surface area contributed by atoms with Gasteiger partial charge in [-0.25, -0.2) is 24.0 Å². The lowest BCUT2D eigenvalue weighted by atomic mass is 10.1. The van der Waals surface area contributed by atoms with Crippen molar-refractivity contribution in [2.75, 3.05) is 5.73 Å². The van der Waals surface area contributed by atoms with E-state index in [2.05, 4.69) is 25.0 Å². The summed E-state index contributed by atoms with van der Waals surface area (Å²) in [7, 11) is 0. The molecule has 146 valence electrons. The zero-order valence-corrected chi connectivity index (χ0v) is 15.8. The first kappa shape index (κ1) is 17.9. The molecule has 2 N–H and O–H groups in total. The Morgan fingerprint density at radius 3 is 2.57 bits per heavy atom. The Kier molecular flexibility index (Phi) is 4.36. The molecule has 4 aromatic heterocycles. The van der Waals surface area contributed by atoms with E-state index in [1.165, 1.54) is 6.07 Å². The Labute approximate surface area is 171 Å². The second-order valence-corrected chi connectivity index (χ2v) is 6.70. The van der Waals surface area contributed by atoms with Crippen LogP contribution in [0.25, 0.3) is 33.7 Å². The van der Waals surface area contributed by atoms with Crippen LogP contribution in [0.15, 0.2) is 73.3 Å². The van der Waals surface area contributed by atoms with Crippen molar-refractivity contribution in [3.63, 3.8) is 0 Å². The van der Waals surface area contributed by atoms with Crippen molar-refractivity contribution in [3.8, 4) is 22.6 Å². The predicted molar refractivity (Wildman–Crippen MR) is 112 cm³/mol. The average molecular weight is 397 g/mol. The number of halogens is 1. The molecule has 5 aromatic rings. The summed E-state index contributed by atoms with van der Waals surface area (Å²) in [5, 5.41) is 5.40. The number of pyridine rings is 2. The van der Waals surface area contributed by atoms with E-state index < -0.39 is 0 Å². The second-order valence-electron chi connectivity index (χ2n) is 6.70. The van der Waals surface area contributed by atoms with Crippen molar-refractivity contribution in [3.05, 3.63) is 84.7 Å². The summed E-state index contributed by atoms with van der Waals surface area (Å²) >= 11 is 0. The summed E-state index contributed by atoms with van der Waals surface area (Å²) < 4.78 is 15.8. The molecule has 4 heterocycles. The molecule has 0 atom stereocenters. The number of fused-ring (bicyclic) bond motifs is 1. The smallest absolute Gasteiger partial charge is 0.182 e. The van der Waals surface area contributed by atoms with Gasteiger partial charge in [0.2, 0.25) is 0 Å². The molecule has 30 heavy (non-hydrogen) atoms. The molecule has 0 bridgehead atoms. The van der Waals surface area contributed by atoms with Gasteiger partial charge in [0.15, 0.2) is 11.5 Å². The van der Waals surface area contributed by atoms with Crippen molar-refractivity contribution >= 4 is 16.9 Å². The molecule has 1 aromatic carbocycles. The SMILES string of the molecule is Nc1nc(-c2nn(Cc3ccccc3F)c3ncccc23)ncc1-c1ccncc1. The van der Waals surface area contributed by atoms with Crippen LogP contribution in [0.4, 0.5) is 10.2 Å². The Hall–Kier alpha value is -4.20. The zero-order valence-electron chi connectivity index (χ0n) is 15.8. The average Bonchev–Trinajstić information content (AvgIpc) is 3.14. The fraction of sp³-hybridized carbons (Fsp3) is 0.0455. The van der Waals surface area contributed by atoms with Gasteiger partial charge in [0, 0.05) is 35.9 Å². The molecule has 0 spiro atoms. The number of rotatable bonds is 4. The lowest BCUT2D eigenvalue weighted by Crippen LogP contribution is -2.05. The van der Waals surface area contributed by atoms with Crippen molar-refractivity contribution < 1.29 is 4.39 Å². The fourth-order valence-corrected chi connectivity index (χ4v) is 3.34. The largest absolute Gasteiger partial charge is 0.383 e. The van der Waals surface area contributed by atoms with Gasteiger partial charge in [0.25, 0.3) is 0 Å². The number of nitrogens with two attached hydrogens (primary N) is 1. The number of hydrogen-bond acceptors (Lipinski definition) is 6. The Bertz CT molecular complexity index is 1350. The maximum Gasteiger partial charge on any atom is 0.182 e. The van der Waals surface area contributed by atoms with E-state index in [0.717, 1.165) is 16.5 Å². The van der Waals surface area contributed by atoms with Gasteiger partial charge in [-0.3, -0.25) is 4.98 Å². The number of anilines is 1. The van der Waals surface area contributed by atoms with Crippen LogP contribution in [0.3, 0.4) is 0 Å². The van der Waals surface area contributed by atoms with Crippen LogP contribution in [0, 0.1) is 5.82 Å². The van der Waals surface area contributed by atoms with Crippen molar-refractivity contribution in [2.24, 2.45) is 0 Å². The highest BCUT2D eigenvalue weighted by Crippen LogP contribution is 2.29. The van der Waals surface area contributed by atoms with Gasteiger partial charge in [-0.15, -0.1) is 0 Å². The first-order chi connectivity index (χ1) is 14.7. The van der Waals surface area contributed by atoms with Crippen molar-refractivity contribution in [1.82, 2.24) is 29.7 Å². The summed E-state index contributed by atoms with van der Waals surface area (Å²) in [5.74, 6) is 0.434. The minimum absolute atomic E-state index is 0.241. The van der Waals surface area contributed by atoms with Crippen LogP contribution in [-0.2, 0) is 6.54 Å². The number of hydrogen-bond donors (Lipinski definition) is 1. The topological polar surface area (TPSA) is 95.4 Å². The van der Waals surface area contributed by atoms with E-state index in [4.69, 9.17) is 5.73 Å². The van der Waals surface area contributed by atoms with Gasteiger partial charge < -0.3 is 5.73 Å². The maximum absolute atomic E-state index is 14.2. The zero-order chi connectivity index (χ0) is 20.5. The molecule has 0 aliphatic carbocycles. The first-order valence-corrected chi connectivity index (χ1v) is 9.29. The molecule has 0 aliphatic rings. The van der Waals surface area contributed by atoms with E-state index in [9.17, 15) is 4.39 Å². The third-order valence-corrected chi connectivity index (χ3v) is 4.81. The maximum atomic E-state index is 14.2. The third-order valence-electron chi connectivity index (χ3n) is 4.81. The van der Waals surface area contributed by atoms with Gasteiger partial charge in [-0.2, -0.15) is 5.10 Å². The van der Waals surface area contributed by atoms with Gasteiger partial charge in [-0.1, -0.05) is 18.2 Å².